The number of carbonyl (C=O) groups is 1. The normalized spacial score (nSPS) is 11.3. The van der Waals surface area contributed by atoms with Crippen molar-refractivity contribution in [1.82, 2.24) is 9.97 Å². The van der Waals surface area contributed by atoms with Crippen LogP contribution in [0.4, 0.5) is 0 Å². The first kappa shape index (κ1) is 13.6. The second kappa shape index (κ2) is 5.54. The van der Waals surface area contributed by atoms with Crippen molar-refractivity contribution < 1.29 is 4.79 Å². The Bertz CT molecular complexity index is 917. The Kier molecular flexibility index (Phi) is 3.42. The average molecular weight is 288 g/mol. The van der Waals surface area contributed by atoms with E-state index in [1.54, 1.807) is 18.5 Å². The molecule has 3 rings (SSSR count). The van der Waals surface area contributed by atoms with E-state index in [0.29, 0.717) is 11.2 Å². The van der Waals surface area contributed by atoms with E-state index < -0.39 is 5.91 Å². The van der Waals surface area contributed by atoms with Crippen LogP contribution in [0.15, 0.2) is 54.4 Å². The van der Waals surface area contributed by atoms with Crippen molar-refractivity contribution in [3.05, 3.63) is 59.9 Å². The number of hydrogen-bond acceptors (Lipinski definition) is 3. The number of benzene rings is 1. The fourth-order valence-corrected chi connectivity index (χ4v) is 2.25. The summed E-state index contributed by atoms with van der Waals surface area (Å²) in [4.78, 5) is 18.6. The maximum atomic E-state index is 11.2. The maximum Gasteiger partial charge on any atom is 0.259 e. The fraction of sp³-hybridized carbons (Fsp3) is 0. The SMILES string of the molecule is N#C/C(=C\c1c[nH]c2ncc(-c3ccccc3)cc12)C(N)=O. The van der Waals surface area contributed by atoms with E-state index >= 15 is 0 Å². The van der Waals surface area contributed by atoms with E-state index in [1.165, 1.54) is 6.08 Å². The molecular formula is C17H12N4O. The Morgan fingerprint density at radius 2 is 2.05 bits per heavy atom. The van der Waals surface area contributed by atoms with Gasteiger partial charge in [0.05, 0.1) is 0 Å². The van der Waals surface area contributed by atoms with Crippen molar-refractivity contribution in [2.45, 2.75) is 0 Å². The van der Waals surface area contributed by atoms with Crippen molar-refractivity contribution in [3.63, 3.8) is 0 Å². The molecule has 106 valence electrons. The minimum absolute atomic E-state index is 0.0917. The fourth-order valence-electron chi connectivity index (χ4n) is 2.25. The van der Waals surface area contributed by atoms with Gasteiger partial charge in [0.25, 0.3) is 5.91 Å². The summed E-state index contributed by atoms with van der Waals surface area (Å²) in [5.74, 6) is -0.746. The number of hydrogen-bond donors (Lipinski definition) is 2. The molecule has 0 unspecified atom stereocenters. The monoisotopic (exact) mass is 288 g/mol. The smallest absolute Gasteiger partial charge is 0.259 e. The molecule has 0 aliphatic rings. The molecule has 0 fully saturated rings. The topological polar surface area (TPSA) is 95.6 Å². The van der Waals surface area contributed by atoms with Crippen LogP contribution in [0.2, 0.25) is 0 Å². The molecule has 0 aliphatic carbocycles. The zero-order valence-corrected chi connectivity index (χ0v) is 11.6. The van der Waals surface area contributed by atoms with Gasteiger partial charge in [-0.25, -0.2) is 4.98 Å². The molecule has 22 heavy (non-hydrogen) atoms. The van der Waals surface area contributed by atoms with Crippen LogP contribution in [-0.2, 0) is 4.79 Å². The number of carbonyl (C=O) groups excluding carboxylic acids is 1. The summed E-state index contributed by atoms with van der Waals surface area (Å²) >= 11 is 0. The number of H-pyrrole nitrogens is 1. The highest BCUT2D eigenvalue weighted by Crippen LogP contribution is 2.25. The summed E-state index contributed by atoms with van der Waals surface area (Å²) < 4.78 is 0. The van der Waals surface area contributed by atoms with Crippen LogP contribution in [0.1, 0.15) is 5.56 Å². The first-order valence-electron chi connectivity index (χ1n) is 6.63. The third-order valence-corrected chi connectivity index (χ3v) is 3.36. The molecule has 0 saturated heterocycles. The van der Waals surface area contributed by atoms with Gasteiger partial charge >= 0.3 is 0 Å². The van der Waals surface area contributed by atoms with Gasteiger partial charge in [-0.3, -0.25) is 4.79 Å². The molecular weight excluding hydrogens is 276 g/mol. The van der Waals surface area contributed by atoms with Crippen molar-refractivity contribution >= 4 is 23.0 Å². The van der Waals surface area contributed by atoms with E-state index in [1.807, 2.05) is 36.4 Å². The standard InChI is InChI=1S/C17H12N4O/c18-8-12(16(19)22)6-14-10-21-17-15(14)7-13(9-20-17)11-4-2-1-3-5-11/h1-7,9-10H,(H2,19,22)(H,20,21)/b12-6+. The Hall–Kier alpha value is -3.39. The van der Waals surface area contributed by atoms with Crippen molar-refractivity contribution in [3.8, 4) is 17.2 Å². The number of primary amides is 1. The number of nitrogens with one attached hydrogen (secondary N) is 1. The van der Waals surface area contributed by atoms with Gasteiger partial charge in [0.1, 0.15) is 17.3 Å². The zero-order chi connectivity index (χ0) is 15.5. The van der Waals surface area contributed by atoms with Gasteiger partial charge in [-0.2, -0.15) is 5.26 Å². The van der Waals surface area contributed by atoms with Crippen molar-refractivity contribution in [1.29, 1.82) is 5.26 Å². The zero-order valence-electron chi connectivity index (χ0n) is 11.6. The maximum absolute atomic E-state index is 11.2. The van der Waals surface area contributed by atoms with Gasteiger partial charge in [-0.15, -0.1) is 0 Å². The van der Waals surface area contributed by atoms with Crippen molar-refractivity contribution in [2.24, 2.45) is 5.73 Å². The van der Waals surface area contributed by atoms with E-state index in [2.05, 4.69) is 9.97 Å². The quantitative estimate of drug-likeness (QED) is 0.572. The number of rotatable bonds is 3. The molecule has 3 N–H and O–H groups in total. The predicted molar refractivity (Wildman–Crippen MR) is 84.3 cm³/mol. The highest BCUT2D eigenvalue weighted by molar-refractivity contribution is 6.03. The Labute approximate surface area is 126 Å². The highest BCUT2D eigenvalue weighted by Gasteiger charge is 2.09. The predicted octanol–water partition coefficient (Wildman–Crippen LogP) is 2.62. The Balaban J connectivity index is 2.14. The lowest BCUT2D eigenvalue weighted by atomic mass is 10.0. The number of fused-ring (bicyclic) bond motifs is 1. The molecule has 1 amide bonds. The summed E-state index contributed by atoms with van der Waals surface area (Å²) in [5, 5.41) is 9.78. The van der Waals surface area contributed by atoms with E-state index in [9.17, 15) is 4.79 Å². The molecule has 0 bridgehead atoms. The number of aromatic amines is 1. The van der Waals surface area contributed by atoms with Crippen LogP contribution in [-0.4, -0.2) is 15.9 Å². The molecule has 0 spiro atoms. The number of nitriles is 1. The Morgan fingerprint density at radius 1 is 1.27 bits per heavy atom. The van der Waals surface area contributed by atoms with Gasteiger partial charge in [0.2, 0.25) is 0 Å². The third kappa shape index (κ3) is 2.45. The van der Waals surface area contributed by atoms with Gasteiger partial charge in [-0.05, 0) is 17.7 Å². The summed E-state index contributed by atoms with van der Waals surface area (Å²) in [6.07, 6.45) is 4.95. The number of nitrogens with two attached hydrogens (primary N) is 1. The average Bonchev–Trinajstić information content (AvgIpc) is 2.95. The minimum atomic E-state index is -0.746. The van der Waals surface area contributed by atoms with Crippen molar-refractivity contribution in [2.75, 3.05) is 0 Å². The molecule has 0 aliphatic heterocycles. The van der Waals surface area contributed by atoms with Gasteiger partial charge < -0.3 is 10.7 Å². The van der Waals surface area contributed by atoms with Gasteiger partial charge in [-0.1, -0.05) is 30.3 Å². The number of pyridine rings is 1. The molecule has 3 aromatic rings. The first-order valence-corrected chi connectivity index (χ1v) is 6.63. The molecule has 0 saturated carbocycles. The van der Waals surface area contributed by atoms with Crippen LogP contribution in [0.5, 0.6) is 0 Å². The summed E-state index contributed by atoms with van der Waals surface area (Å²) in [5.41, 5.74) is 8.48. The molecule has 5 nitrogen and oxygen atoms in total. The number of aromatic nitrogens is 2. The number of amides is 1. The molecule has 0 radical (unpaired) electrons. The van der Waals surface area contributed by atoms with E-state index in [4.69, 9.17) is 11.0 Å². The molecule has 0 atom stereocenters. The summed E-state index contributed by atoms with van der Waals surface area (Å²) in [6, 6.07) is 13.6. The van der Waals surface area contributed by atoms with Crippen LogP contribution in [0.25, 0.3) is 28.2 Å². The Morgan fingerprint density at radius 3 is 2.73 bits per heavy atom. The lowest BCUT2D eigenvalue weighted by Crippen LogP contribution is -2.12. The van der Waals surface area contributed by atoms with Crippen LogP contribution >= 0.6 is 0 Å². The second-order valence-corrected chi connectivity index (χ2v) is 4.76. The lowest BCUT2D eigenvalue weighted by molar-refractivity contribution is -0.114. The van der Waals surface area contributed by atoms with E-state index in [-0.39, 0.29) is 5.57 Å². The highest BCUT2D eigenvalue weighted by atomic mass is 16.1. The van der Waals surface area contributed by atoms with E-state index in [0.717, 1.165) is 16.5 Å². The molecule has 1 aromatic carbocycles. The lowest BCUT2D eigenvalue weighted by Gasteiger charge is -2.01. The molecule has 2 heterocycles. The van der Waals surface area contributed by atoms with Gasteiger partial charge in [0.15, 0.2) is 0 Å². The largest absolute Gasteiger partial charge is 0.365 e. The summed E-state index contributed by atoms with van der Waals surface area (Å²) in [7, 11) is 0. The first-order chi connectivity index (χ1) is 10.7. The number of nitrogens with zero attached hydrogens (tertiary/aromatic N) is 2. The van der Waals surface area contributed by atoms with Crippen LogP contribution < -0.4 is 5.73 Å². The van der Waals surface area contributed by atoms with Crippen LogP contribution in [0.3, 0.4) is 0 Å². The van der Waals surface area contributed by atoms with Gasteiger partial charge in [0, 0.05) is 28.9 Å². The second-order valence-electron chi connectivity index (χ2n) is 4.76. The summed E-state index contributed by atoms with van der Waals surface area (Å²) in [6.45, 7) is 0. The molecule has 5 heteroatoms. The molecule has 2 aromatic heterocycles. The minimum Gasteiger partial charge on any atom is -0.365 e. The third-order valence-electron chi connectivity index (χ3n) is 3.36. The van der Waals surface area contributed by atoms with Crippen LogP contribution in [0, 0.1) is 11.3 Å².